The van der Waals surface area contributed by atoms with Crippen molar-refractivity contribution >= 4 is 11.6 Å². The highest BCUT2D eigenvalue weighted by molar-refractivity contribution is 5.92. The standard InChI is InChI=1S/C18H24N4/c1-3-14(2)16-6-8-17(9-7-16)22-18(19)21-12-10-15-5-4-11-20-13-15/h4-9,11,13-14H,3,10,12H2,1-2H3,(H3,19,21,22). The van der Waals surface area contributed by atoms with Gasteiger partial charge in [0.2, 0.25) is 0 Å². The van der Waals surface area contributed by atoms with Crippen molar-refractivity contribution in [2.75, 3.05) is 11.9 Å². The van der Waals surface area contributed by atoms with Gasteiger partial charge in [0.15, 0.2) is 5.96 Å². The number of anilines is 1. The Balaban J connectivity index is 1.85. The lowest BCUT2D eigenvalue weighted by atomic mass is 9.99. The number of aromatic nitrogens is 1. The van der Waals surface area contributed by atoms with Crippen LogP contribution < -0.4 is 11.1 Å². The number of pyridine rings is 1. The molecule has 1 aromatic carbocycles. The molecule has 3 N–H and O–H groups in total. The van der Waals surface area contributed by atoms with E-state index in [2.05, 4.69) is 41.3 Å². The van der Waals surface area contributed by atoms with Crippen molar-refractivity contribution in [3.63, 3.8) is 0 Å². The summed E-state index contributed by atoms with van der Waals surface area (Å²) in [6.07, 6.45) is 5.60. The van der Waals surface area contributed by atoms with Crippen LogP contribution >= 0.6 is 0 Å². The second kappa shape index (κ2) is 8.17. The van der Waals surface area contributed by atoms with Crippen molar-refractivity contribution in [2.45, 2.75) is 32.6 Å². The predicted octanol–water partition coefficient (Wildman–Crippen LogP) is 3.56. The SMILES string of the molecule is CCC(C)c1ccc(NC(N)=NCCc2cccnc2)cc1. The molecule has 1 atom stereocenters. The van der Waals surface area contributed by atoms with Crippen molar-refractivity contribution in [1.29, 1.82) is 0 Å². The molecule has 2 rings (SSSR count). The molecule has 1 heterocycles. The molecule has 0 aliphatic heterocycles. The van der Waals surface area contributed by atoms with Crippen LogP contribution in [0.5, 0.6) is 0 Å². The summed E-state index contributed by atoms with van der Waals surface area (Å²) in [7, 11) is 0. The van der Waals surface area contributed by atoms with Gasteiger partial charge < -0.3 is 11.1 Å². The van der Waals surface area contributed by atoms with E-state index in [1.807, 2.05) is 30.5 Å². The number of rotatable bonds is 6. The van der Waals surface area contributed by atoms with Crippen molar-refractivity contribution in [2.24, 2.45) is 10.7 Å². The monoisotopic (exact) mass is 296 g/mol. The summed E-state index contributed by atoms with van der Waals surface area (Å²) in [5.74, 6) is 1.03. The lowest BCUT2D eigenvalue weighted by Crippen LogP contribution is -2.23. The molecule has 4 nitrogen and oxygen atoms in total. The summed E-state index contributed by atoms with van der Waals surface area (Å²) in [4.78, 5) is 8.43. The molecule has 0 fully saturated rings. The number of nitrogens with one attached hydrogen (secondary N) is 1. The smallest absolute Gasteiger partial charge is 0.193 e. The van der Waals surface area contributed by atoms with Gasteiger partial charge in [-0.1, -0.05) is 32.0 Å². The molecule has 0 aliphatic rings. The third-order valence-corrected chi connectivity index (χ3v) is 3.77. The molecule has 22 heavy (non-hydrogen) atoms. The van der Waals surface area contributed by atoms with Crippen LogP contribution in [0.2, 0.25) is 0 Å². The Labute approximate surface area is 132 Å². The second-order valence-corrected chi connectivity index (χ2v) is 5.43. The zero-order valence-electron chi connectivity index (χ0n) is 13.3. The molecule has 0 bridgehead atoms. The molecule has 116 valence electrons. The van der Waals surface area contributed by atoms with E-state index >= 15 is 0 Å². The summed E-state index contributed by atoms with van der Waals surface area (Å²) < 4.78 is 0. The average Bonchev–Trinajstić information content (AvgIpc) is 2.56. The highest BCUT2D eigenvalue weighted by Gasteiger charge is 2.02. The summed E-state index contributed by atoms with van der Waals surface area (Å²) in [5.41, 5.74) is 9.40. The quantitative estimate of drug-likeness (QED) is 0.633. The van der Waals surface area contributed by atoms with Gasteiger partial charge in [0.1, 0.15) is 0 Å². The number of aliphatic imine (C=N–C) groups is 1. The zero-order chi connectivity index (χ0) is 15.8. The second-order valence-electron chi connectivity index (χ2n) is 5.43. The Morgan fingerprint density at radius 1 is 1.27 bits per heavy atom. The molecule has 1 aromatic heterocycles. The Bertz CT molecular complexity index is 590. The number of benzene rings is 1. The minimum Gasteiger partial charge on any atom is -0.370 e. The van der Waals surface area contributed by atoms with E-state index in [-0.39, 0.29) is 0 Å². The molecule has 2 aromatic rings. The first-order chi connectivity index (χ1) is 10.7. The lowest BCUT2D eigenvalue weighted by molar-refractivity contribution is 0.734. The van der Waals surface area contributed by atoms with Crippen LogP contribution in [-0.4, -0.2) is 17.5 Å². The van der Waals surface area contributed by atoms with Crippen LogP contribution in [-0.2, 0) is 6.42 Å². The van der Waals surface area contributed by atoms with Gasteiger partial charge in [-0.15, -0.1) is 0 Å². The first-order valence-electron chi connectivity index (χ1n) is 7.75. The van der Waals surface area contributed by atoms with Crippen molar-refractivity contribution in [1.82, 2.24) is 4.98 Å². The Hall–Kier alpha value is -2.36. The third kappa shape index (κ3) is 4.88. The maximum atomic E-state index is 5.92. The Morgan fingerprint density at radius 2 is 2.05 bits per heavy atom. The summed E-state index contributed by atoms with van der Waals surface area (Å²) >= 11 is 0. The first-order valence-corrected chi connectivity index (χ1v) is 7.75. The van der Waals surface area contributed by atoms with E-state index in [1.165, 1.54) is 5.56 Å². The Morgan fingerprint density at radius 3 is 2.68 bits per heavy atom. The highest BCUT2D eigenvalue weighted by Crippen LogP contribution is 2.20. The van der Waals surface area contributed by atoms with Crippen molar-refractivity contribution in [3.05, 3.63) is 59.9 Å². The van der Waals surface area contributed by atoms with Gasteiger partial charge in [-0.2, -0.15) is 0 Å². The zero-order valence-corrected chi connectivity index (χ0v) is 13.3. The molecular formula is C18H24N4. The van der Waals surface area contributed by atoms with E-state index in [0.717, 1.165) is 24.1 Å². The normalized spacial score (nSPS) is 12.9. The van der Waals surface area contributed by atoms with Gasteiger partial charge in [0, 0.05) is 24.6 Å². The maximum Gasteiger partial charge on any atom is 0.193 e. The summed E-state index contributed by atoms with van der Waals surface area (Å²) in [6.45, 7) is 5.08. The highest BCUT2D eigenvalue weighted by atomic mass is 15.1. The molecule has 0 spiro atoms. The van der Waals surface area contributed by atoms with Crippen LogP contribution in [0.25, 0.3) is 0 Å². The number of hydrogen-bond acceptors (Lipinski definition) is 2. The topological polar surface area (TPSA) is 63.3 Å². The van der Waals surface area contributed by atoms with E-state index < -0.39 is 0 Å². The van der Waals surface area contributed by atoms with Crippen LogP contribution in [0.4, 0.5) is 5.69 Å². The fourth-order valence-corrected chi connectivity index (χ4v) is 2.17. The molecule has 0 saturated carbocycles. The first kappa shape index (κ1) is 16.0. The summed E-state index contributed by atoms with van der Waals surface area (Å²) in [6, 6.07) is 12.3. The predicted molar refractivity (Wildman–Crippen MR) is 93.2 cm³/mol. The van der Waals surface area contributed by atoms with E-state index in [4.69, 9.17) is 5.73 Å². The van der Waals surface area contributed by atoms with Crippen LogP contribution in [0.15, 0.2) is 53.8 Å². The van der Waals surface area contributed by atoms with Gasteiger partial charge in [-0.05, 0) is 48.1 Å². The van der Waals surface area contributed by atoms with E-state index in [0.29, 0.717) is 18.4 Å². The van der Waals surface area contributed by atoms with Crippen LogP contribution in [0.3, 0.4) is 0 Å². The lowest BCUT2D eigenvalue weighted by Gasteiger charge is -2.10. The maximum absolute atomic E-state index is 5.92. The van der Waals surface area contributed by atoms with Gasteiger partial charge in [-0.3, -0.25) is 9.98 Å². The average molecular weight is 296 g/mol. The van der Waals surface area contributed by atoms with Crippen molar-refractivity contribution < 1.29 is 0 Å². The van der Waals surface area contributed by atoms with Crippen LogP contribution in [0.1, 0.15) is 37.3 Å². The minimum absolute atomic E-state index is 0.445. The molecule has 0 amide bonds. The molecule has 4 heteroatoms. The fourth-order valence-electron chi connectivity index (χ4n) is 2.17. The molecular weight excluding hydrogens is 272 g/mol. The fraction of sp³-hybridized carbons (Fsp3) is 0.333. The number of nitrogens with two attached hydrogens (primary N) is 1. The number of hydrogen-bond donors (Lipinski definition) is 2. The molecule has 0 aliphatic carbocycles. The van der Waals surface area contributed by atoms with Gasteiger partial charge in [0.05, 0.1) is 0 Å². The van der Waals surface area contributed by atoms with Crippen LogP contribution in [0, 0.1) is 0 Å². The molecule has 0 radical (unpaired) electrons. The Kier molecular flexibility index (Phi) is 5.95. The minimum atomic E-state index is 0.445. The summed E-state index contributed by atoms with van der Waals surface area (Å²) in [5, 5.41) is 3.12. The van der Waals surface area contributed by atoms with Gasteiger partial charge in [0.25, 0.3) is 0 Å². The van der Waals surface area contributed by atoms with Gasteiger partial charge >= 0.3 is 0 Å². The van der Waals surface area contributed by atoms with E-state index in [1.54, 1.807) is 6.20 Å². The van der Waals surface area contributed by atoms with E-state index in [9.17, 15) is 0 Å². The van der Waals surface area contributed by atoms with Crippen molar-refractivity contribution in [3.8, 4) is 0 Å². The van der Waals surface area contributed by atoms with Gasteiger partial charge in [-0.25, -0.2) is 0 Å². The molecule has 0 saturated heterocycles. The third-order valence-electron chi connectivity index (χ3n) is 3.77. The molecule has 1 unspecified atom stereocenters. The number of guanidine groups is 1. The number of nitrogens with zero attached hydrogens (tertiary/aromatic N) is 2. The largest absolute Gasteiger partial charge is 0.370 e.